The lowest BCUT2D eigenvalue weighted by Crippen LogP contribution is -2.38. The second kappa shape index (κ2) is 4.98. The van der Waals surface area contributed by atoms with E-state index in [0.29, 0.717) is 11.1 Å². The van der Waals surface area contributed by atoms with Crippen LogP contribution in [0, 0.1) is 0 Å². The minimum atomic E-state index is -0.281. The van der Waals surface area contributed by atoms with Crippen molar-refractivity contribution in [1.29, 1.82) is 0 Å². The summed E-state index contributed by atoms with van der Waals surface area (Å²) in [6.45, 7) is 1.84. The molecule has 1 aromatic heterocycles. The number of fused-ring (bicyclic) bond motifs is 1. The van der Waals surface area contributed by atoms with Crippen molar-refractivity contribution < 1.29 is 4.79 Å². The third-order valence-electron chi connectivity index (χ3n) is 3.01. The Labute approximate surface area is 120 Å². The fourth-order valence-electron chi connectivity index (χ4n) is 1.77. The van der Waals surface area contributed by atoms with Gasteiger partial charge in [-0.25, -0.2) is 4.98 Å². The number of thiazole rings is 1. The van der Waals surface area contributed by atoms with Gasteiger partial charge in [-0.2, -0.15) is 0 Å². The Morgan fingerprint density at radius 3 is 3.05 bits per heavy atom. The zero-order chi connectivity index (χ0) is 13.4. The minimum Gasteiger partial charge on any atom is -0.352 e. The third-order valence-corrected chi connectivity index (χ3v) is 4.21. The molecular formula is C13H14ClN3OS. The quantitative estimate of drug-likeness (QED) is 0.911. The Hall–Kier alpha value is -1.33. The van der Waals surface area contributed by atoms with Gasteiger partial charge in [0.05, 0.1) is 10.2 Å². The lowest BCUT2D eigenvalue weighted by atomic mass is 10.3. The molecule has 4 nitrogen and oxygen atoms in total. The molecule has 1 aromatic carbocycles. The van der Waals surface area contributed by atoms with E-state index in [1.165, 1.54) is 11.3 Å². The molecule has 2 aromatic rings. The van der Waals surface area contributed by atoms with Gasteiger partial charge in [0.25, 0.3) is 0 Å². The van der Waals surface area contributed by atoms with Crippen molar-refractivity contribution in [3.63, 3.8) is 0 Å². The molecule has 1 fully saturated rings. The monoisotopic (exact) mass is 295 g/mol. The molecule has 1 atom stereocenters. The van der Waals surface area contributed by atoms with Crippen LogP contribution in [-0.2, 0) is 4.79 Å². The van der Waals surface area contributed by atoms with Gasteiger partial charge < -0.3 is 10.6 Å². The van der Waals surface area contributed by atoms with Gasteiger partial charge in [-0.15, -0.1) is 0 Å². The molecule has 0 spiro atoms. The normalized spacial score (nSPS) is 16.3. The molecule has 3 rings (SSSR count). The Bertz CT molecular complexity index is 623. The second-order valence-electron chi connectivity index (χ2n) is 4.78. The van der Waals surface area contributed by atoms with Gasteiger partial charge in [0, 0.05) is 11.1 Å². The van der Waals surface area contributed by atoms with Gasteiger partial charge in [0.15, 0.2) is 5.13 Å². The smallest absolute Gasteiger partial charge is 0.242 e. The number of hydrogen-bond acceptors (Lipinski definition) is 4. The van der Waals surface area contributed by atoms with Crippen LogP contribution in [0.4, 0.5) is 5.13 Å². The molecule has 0 saturated heterocycles. The van der Waals surface area contributed by atoms with E-state index < -0.39 is 0 Å². The molecule has 1 aliphatic rings. The number of nitrogens with one attached hydrogen (secondary N) is 2. The molecule has 1 amide bonds. The van der Waals surface area contributed by atoms with Crippen molar-refractivity contribution in [1.82, 2.24) is 10.3 Å². The van der Waals surface area contributed by atoms with Crippen LogP contribution in [0.3, 0.4) is 0 Å². The van der Waals surface area contributed by atoms with E-state index in [0.717, 1.165) is 28.2 Å². The SMILES string of the molecule is CC(Nc1nc2cc(Cl)ccc2s1)C(=O)NC1CC1. The summed E-state index contributed by atoms with van der Waals surface area (Å²) in [4.78, 5) is 16.3. The van der Waals surface area contributed by atoms with Crippen LogP contribution < -0.4 is 10.6 Å². The highest BCUT2D eigenvalue weighted by Crippen LogP contribution is 2.28. The molecule has 0 bridgehead atoms. The highest BCUT2D eigenvalue weighted by Gasteiger charge is 2.25. The number of rotatable bonds is 4. The van der Waals surface area contributed by atoms with Crippen molar-refractivity contribution in [2.75, 3.05) is 5.32 Å². The van der Waals surface area contributed by atoms with Crippen LogP contribution in [0.15, 0.2) is 18.2 Å². The predicted octanol–water partition coefficient (Wildman–Crippen LogP) is 3.03. The third kappa shape index (κ3) is 2.98. The van der Waals surface area contributed by atoms with Crippen LogP contribution in [0.1, 0.15) is 19.8 Å². The molecule has 0 radical (unpaired) electrons. The molecule has 19 heavy (non-hydrogen) atoms. The Balaban J connectivity index is 1.71. The Kier molecular flexibility index (Phi) is 3.33. The van der Waals surface area contributed by atoms with Gasteiger partial charge in [-0.05, 0) is 38.0 Å². The number of hydrogen-bond donors (Lipinski definition) is 2. The number of anilines is 1. The molecule has 1 heterocycles. The number of benzene rings is 1. The summed E-state index contributed by atoms with van der Waals surface area (Å²) < 4.78 is 1.06. The fraction of sp³-hybridized carbons (Fsp3) is 0.385. The van der Waals surface area contributed by atoms with Crippen molar-refractivity contribution in [3.05, 3.63) is 23.2 Å². The highest BCUT2D eigenvalue weighted by molar-refractivity contribution is 7.22. The summed E-state index contributed by atoms with van der Waals surface area (Å²) in [6.07, 6.45) is 2.19. The average Bonchev–Trinajstić information content (AvgIpc) is 3.08. The summed E-state index contributed by atoms with van der Waals surface area (Å²) >= 11 is 7.45. The van der Waals surface area contributed by atoms with E-state index in [9.17, 15) is 4.79 Å². The number of nitrogens with zero attached hydrogens (tertiary/aromatic N) is 1. The predicted molar refractivity (Wildman–Crippen MR) is 78.9 cm³/mol. The zero-order valence-corrected chi connectivity index (χ0v) is 12.0. The molecule has 6 heteroatoms. The van der Waals surface area contributed by atoms with Crippen molar-refractivity contribution in [3.8, 4) is 0 Å². The second-order valence-corrected chi connectivity index (χ2v) is 6.25. The molecular weight excluding hydrogens is 282 g/mol. The van der Waals surface area contributed by atoms with Crippen molar-refractivity contribution in [2.24, 2.45) is 0 Å². The Morgan fingerprint density at radius 2 is 2.32 bits per heavy atom. The van der Waals surface area contributed by atoms with E-state index in [-0.39, 0.29) is 11.9 Å². The lowest BCUT2D eigenvalue weighted by Gasteiger charge is -2.12. The van der Waals surface area contributed by atoms with Gasteiger partial charge >= 0.3 is 0 Å². The topological polar surface area (TPSA) is 54.0 Å². The van der Waals surface area contributed by atoms with Crippen LogP contribution in [-0.4, -0.2) is 23.0 Å². The fourth-order valence-corrected chi connectivity index (χ4v) is 2.87. The van der Waals surface area contributed by atoms with Crippen LogP contribution in [0.2, 0.25) is 5.02 Å². The largest absolute Gasteiger partial charge is 0.352 e. The Morgan fingerprint density at radius 1 is 1.53 bits per heavy atom. The van der Waals surface area contributed by atoms with Gasteiger partial charge in [0.2, 0.25) is 5.91 Å². The standard InChI is InChI=1S/C13H14ClN3OS/c1-7(12(18)16-9-3-4-9)15-13-17-10-6-8(14)2-5-11(10)19-13/h2,5-7,9H,3-4H2,1H3,(H,15,17)(H,16,18). The molecule has 2 N–H and O–H groups in total. The summed E-state index contributed by atoms with van der Waals surface area (Å²) in [5.74, 6) is 0.0276. The minimum absolute atomic E-state index is 0.0276. The maximum atomic E-state index is 11.8. The number of amides is 1. The van der Waals surface area contributed by atoms with Crippen LogP contribution in [0.5, 0.6) is 0 Å². The average molecular weight is 296 g/mol. The van der Waals surface area contributed by atoms with Gasteiger partial charge in [0.1, 0.15) is 6.04 Å². The first-order valence-corrected chi connectivity index (χ1v) is 7.44. The summed E-state index contributed by atoms with van der Waals surface area (Å²) in [7, 11) is 0. The maximum absolute atomic E-state index is 11.8. The van der Waals surface area contributed by atoms with E-state index in [4.69, 9.17) is 11.6 Å². The molecule has 1 aliphatic carbocycles. The van der Waals surface area contributed by atoms with Crippen LogP contribution >= 0.6 is 22.9 Å². The van der Waals surface area contributed by atoms with Crippen molar-refractivity contribution in [2.45, 2.75) is 31.8 Å². The van der Waals surface area contributed by atoms with Gasteiger partial charge in [-0.3, -0.25) is 4.79 Å². The highest BCUT2D eigenvalue weighted by atomic mass is 35.5. The zero-order valence-electron chi connectivity index (χ0n) is 10.4. The number of aromatic nitrogens is 1. The molecule has 0 aliphatic heterocycles. The van der Waals surface area contributed by atoms with E-state index in [2.05, 4.69) is 15.6 Å². The number of carbonyl (C=O) groups excluding carboxylic acids is 1. The number of carbonyl (C=O) groups is 1. The summed E-state index contributed by atoms with van der Waals surface area (Å²) in [6, 6.07) is 5.71. The molecule has 1 unspecified atom stereocenters. The maximum Gasteiger partial charge on any atom is 0.242 e. The molecule has 100 valence electrons. The first kappa shape index (κ1) is 12.7. The van der Waals surface area contributed by atoms with E-state index >= 15 is 0 Å². The first-order chi connectivity index (χ1) is 9.11. The lowest BCUT2D eigenvalue weighted by molar-refractivity contribution is -0.121. The van der Waals surface area contributed by atoms with Crippen molar-refractivity contribution >= 4 is 44.2 Å². The van der Waals surface area contributed by atoms with E-state index in [1.807, 2.05) is 25.1 Å². The van der Waals surface area contributed by atoms with Gasteiger partial charge in [-0.1, -0.05) is 22.9 Å². The summed E-state index contributed by atoms with van der Waals surface area (Å²) in [5.41, 5.74) is 0.856. The van der Waals surface area contributed by atoms with Crippen LogP contribution in [0.25, 0.3) is 10.2 Å². The number of halogens is 1. The van der Waals surface area contributed by atoms with E-state index in [1.54, 1.807) is 0 Å². The molecule has 1 saturated carbocycles. The summed E-state index contributed by atoms with van der Waals surface area (Å²) in [5, 5.41) is 7.52. The first-order valence-electron chi connectivity index (χ1n) is 6.25.